The summed E-state index contributed by atoms with van der Waals surface area (Å²) in [4.78, 5) is 112. The Morgan fingerprint density at radius 3 is 0.916 bits per heavy atom. The lowest BCUT2D eigenvalue weighted by Gasteiger charge is -2.35. The van der Waals surface area contributed by atoms with E-state index in [0.29, 0.717) is 75.7 Å². The lowest BCUT2D eigenvalue weighted by atomic mass is 10.1. The van der Waals surface area contributed by atoms with Gasteiger partial charge < -0.3 is 86.2 Å². The number of hydrogen-bond donors (Lipinski definition) is 0. The Kier molecular flexibility index (Phi) is 49.2. The zero-order valence-corrected chi connectivity index (χ0v) is 86.4. The van der Waals surface area contributed by atoms with Crippen molar-refractivity contribution in [1.29, 1.82) is 0 Å². The van der Waals surface area contributed by atoms with Crippen LogP contribution in [0.25, 0.3) is 0 Å². The van der Waals surface area contributed by atoms with Gasteiger partial charge in [-0.25, -0.2) is 28.8 Å². The highest BCUT2D eigenvalue weighted by Crippen LogP contribution is 2.37. The second-order valence-electron chi connectivity index (χ2n) is 33.5. The topological polar surface area (TPSA) is 340 Å². The van der Waals surface area contributed by atoms with Crippen LogP contribution in [0, 0.1) is 5.92 Å². The predicted molar refractivity (Wildman–Crippen MR) is 532 cm³/mol. The van der Waals surface area contributed by atoms with Gasteiger partial charge >= 0.3 is 34.1 Å². The molecule has 12 atom stereocenters. The summed E-state index contributed by atoms with van der Waals surface area (Å²) >= 11 is 9.95. The van der Waals surface area contributed by atoms with Crippen molar-refractivity contribution in [2.45, 2.75) is 244 Å². The number of nitrogens with zero attached hydrogens (tertiary/aromatic N) is 18. The Hall–Kier alpha value is -6.30. The summed E-state index contributed by atoms with van der Waals surface area (Å²) in [6, 6.07) is 12.2. The van der Waals surface area contributed by atoms with Crippen LogP contribution >= 0.6 is 70.6 Å². The molecule has 0 unspecified atom stereocenters. The van der Waals surface area contributed by atoms with Crippen molar-refractivity contribution < 1.29 is 56.8 Å². The highest BCUT2D eigenvalue weighted by molar-refractivity contribution is 8.01. The number of anilines is 6. The average molecular weight is 1950 g/mol. The van der Waals surface area contributed by atoms with Gasteiger partial charge in [-0.2, -0.15) is 29.9 Å². The molecule has 0 radical (unpaired) electrons. The van der Waals surface area contributed by atoms with Crippen LogP contribution in [0.5, 0.6) is 0 Å². The molecule has 6 aliphatic rings. The van der Waals surface area contributed by atoms with Gasteiger partial charge in [-0.15, -0.1) is 70.6 Å². The Morgan fingerprint density at radius 1 is 0.366 bits per heavy atom. The maximum atomic E-state index is 12.3. The third-order valence-corrected chi connectivity index (χ3v) is 27.7. The van der Waals surface area contributed by atoms with Crippen LogP contribution in [0.2, 0.25) is 0 Å². The van der Waals surface area contributed by atoms with E-state index in [1.165, 1.54) is 0 Å². The summed E-state index contributed by atoms with van der Waals surface area (Å²) in [5, 5.41) is 0. The van der Waals surface area contributed by atoms with E-state index >= 15 is 0 Å². The number of aromatic nitrogens is 12. The third kappa shape index (κ3) is 34.4. The second-order valence-corrected chi connectivity index (χ2v) is 40.6. The minimum absolute atomic E-state index is 0.0140. The van der Waals surface area contributed by atoms with Gasteiger partial charge in [0, 0.05) is 190 Å². The number of unbranched alkanes of at least 4 members (excludes halogenated alkanes) is 1. The van der Waals surface area contributed by atoms with Gasteiger partial charge in [0.05, 0.1) is 39.6 Å². The van der Waals surface area contributed by atoms with Crippen molar-refractivity contribution in [3.05, 3.63) is 136 Å². The molecular formula is C89H148N18O18S6. The summed E-state index contributed by atoms with van der Waals surface area (Å²) < 4.78 is 75.0. The number of ether oxygens (including phenoxy) is 12. The maximum absolute atomic E-state index is 12.3. The maximum Gasteiger partial charge on any atom is 0.351 e. The van der Waals surface area contributed by atoms with E-state index in [9.17, 15) is 28.8 Å². The fourth-order valence-corrected chi connectivity index (χ4v) is 20.9. The molecule has 131 heavy (non-hydrogen) atoms. The minimum atomic E-state index is -0.275. The molecule has 42 heteroatoms. The molecule has 0 saturated carbocycles. The van der Waals surface area contributed by atoms with Gasteiger partial charge in [-0.05, 0) is 152 Å². The van der Waals surface area contributed by atoms with E-state index in [-0.39, 0.29) is 122 Å². The van der Waals surface area contributed by atoms with Crippen LogP contribution in [0.4, 0.5) is 34.9 Å². The van der Waals surface area contributed by atoms with E-state index in [1.807, 2.05) is 55.3 Å². The molecule has 0 aromatic carbocycles. The zero-order chi connectivity index (χ0) is 96.0. The monoisotopic (exact) mass is 1950 g/mol. The van der Waals surface area contributed by atoms with Crippen LogP contribution in [-0.2, 0) is 56.8 Å². The summed E-state index contributed by atoms with van der Waals surface area (Å²) in [7, 11) is 10.2. The fraction of sp³-hybridized carbons (Fsp3) is 0.730. The van der Waals surface area contributed by atoms with Crippen LogP contribution in [0.3, 0.4) is 0 Å². The second kappa shape index (κ2) is 57.7. The van der Waals surface area contributed by atoms with Crippen molar-refractivity contribution >= 4 is 105 Å². The van der Waals surface area contributed by atoms with Gasteiger partial charge in [0.15, 0.2) is 0 Å². The molecule has 6 aromatic heterocycles. The first-order valence-electron chi connectivity index (χ1n) is 45.5. The summed E-state index contributed by atoms with van der Waals surface area (Å²) in [6.45, 7) is 47.7. The molecule has 0 amide bonds. The quantitative estimate of drug-likeness (QED) is 0.0345. The third-order valence-electron chi connectivity index (χ3n) is 21.1. The van der Waals surface area contributed by atoms with Crippen molar-refractivity contribution in [3.8, 4) is 0 Å². The fourth-order valence-electron chi connectivity index (χ4n) is 14.6. The van der Waals surface area contributed by atoms with Gasteiger partial charge in [-0.1, -0.05) is 41.0 Å². The van der Waals surface area contributed by atoms with Crippen LogP contribution in [0.1, 0.15) is 188 Å². The van der Waals surface area contributed by atoms with Gasteiger partial charge in [0.25, 0.3) is 0 Å². The van der Waals surface area contributed by atoms with E-state index in [0.717, 1.165) is 123 Å². The van der Waals surface area contributed by atoms with Crippen LogP contribution < -0.4 is 63.5 Å². The Bertz CT molecular complexity index is 4510. The van der Waals surface area contributed by atoms with E-state index in [4.69, 9.17) is 56.8 Å². The molecule has 6 aromatic rings. The van der Waals surface area contributed by atoms with Gasteiger partial charge in [0.1, 0.15) is 105 Å². The van der Waals surface area contributed by atoms with E-state index in [1.54, 1.807) is 171 Å². The number of rotatable bonds is 40. The van der Waals surface area contributed by atoms with Crippen LogP contribution in [0.15, 0.2) is 102 Å². The molecule has 6 fully saturated rings. The Labute approximate surface area is 799 Å². The average Bonchev–Trinajstić information content (AvgIpc) is 1.42. The van der Waals surface area contributed by atoms with E-state index < -0.39 is 0 Å². The molecule has 0 bridgehead atoms. The van der Waals surface area contributed by atoms with Crippen molar-refractivity contribution in [2.24, 2.45) is 5.92 Å². The SMILES string of the molecule is CCCCN(CC)c1ccn([C@H]2CS[C@@H](COC)O2)c(=O)n1.CCCN(CCC)c1ccn([C@H]2CS[C@@H](COC)O2)c(=O)n1.CCN(CC(C)C)c1ccn([C@H]2CS[C@@H](COC)O2)c(=O)n1.CCN(c1ccn([C@H]2CS[C@@H](COC)O2)c(=O)n1)C(C)(C)C.CCOC[C@H]1O[C@@H](n2ccc(N(C)C(C)C)nc2=O)CS1.COC[C@H]1O[C@@H](n2ccc(N(C(C)C)C(C)C)nc2=O)CS1. The van der Waals surface area contributed by atoms with Crippen LogP contribution in [-0.4, -0.2) is 283 Å². The largest absolute Gasteiger partial charge is 0.381 e. The molecule has 12 heterocycles. The number of methoxy groups -OCH3 is 5. The summed E-state index contributed by atoms with van der Waals surface area (Å²) in [5.41, 5.74) is -1.78. The standard InChI is InChI=1S/5C15H25N3O3S.C14H23N3O3S/c1-10(2)18(11(3)4)12-6-7-17(15(19)16-12)13-9-22-14(21-13)8-20-5;1-6-18(15(2,3)4)11-7-8-17(14(19)16-11)12-10-22-13(21-12)9-20-5;1-5-17(8-11(2)3)12-6-7-18(15(19)16-12)13-10-22-14(21-13)9-20-4;1-4-7-17(8-5-2)12-6-9-18(15(19)16-12)13-11-22-14(21-13)10-20-3;1-4-6-8-17(5-2)12-7-9-18(15(19)16-12)13-11-22-14(21-13)10-20-3;1-5-19-8-13-20-12(9-21-13)17-7-6-11(15-14(17)18)16(4)10(2)3/h6-7,10-11,13-14H,8-9H2,1-5H3;7-8,12-13H,6,9-10H2,1-5H3;6-7,11,13-14H,5,8-10H2,1-4H3;6,9,13-14H,4-5,7-8,10-11H2,1-3H3;7,9,13-14H,4-6,8,10-11H2,1-3H3;6-7,10,12-13H,5,8-9H2,1-4H3/t13-,14+;12-,13+;3*13-,14+;12-,13+/m111111/s1. The van der Waals surface area contributed by atoms with Crippen molar-refractivity contribution in [1.82, 2.24) is 57.3 Å². The molecule has 12 rings (SSSR count). The van der Waals surface area contributed by atoms with Gasteiger partial charge in [-0.3, -0.25) is 27.4 Å². The first kappa shape index (κ1) is 112. The smallest absolute Gasteiger partial charge is 0.351 e. The zero-order valence-electron chi connectivity index (χ0n) is 81.5. The number of hydrogen-bond acceptors (Lipinski definition) is 36. The first-order valence-corrected chi connectivity index (χ1v) is 51.8. The first-order chi connectivity index (χ1) is 62.7. The minimum Gasteiger partial charge on any atom is -0.381 e. The Morgan fingerprint density at radius 2 is 0.649 bits per heavy atom. The lowest BCUT2D eigenvalue weighted by Crippen LogP contribution is -2.43. The van der Waals surface area contributed by atoms with Crippen molar-refractivity contribution in [2.75, 3.05) is 199 Å². The molecular weight excluding hydrogens is 1800 g/mol. The molecule has 738 valence electrons. The highest BCUT2D eigenvalue weighted by atomic mass is 32.2. The number of thioether (sulfide) groups is 6. The summed E-state index contributed by atoms with van der Waals surface area (Å²) in [6.07, 6.45) is 13.4. The summed E-state index contributed by atoms with van der Waals surface area (Å²) in [5.74, 6) is 9.26. The molecule has 0 aliphatic carbocycles. The lowest BCUT2D eigenvalue weighted by molar-refractivity contribution is -0.0226. The molecule has 0 N–H and O–H groups in total. The Balaban J connectivity index is 0.000000215. The predicted octanol–water partition coefficient (Wildman–Crippen LogP) is 12.1. The molecule has 6 saturated heterocycles. The van der Waals surface area contributed by atoms with E-state index in [2.05, 4.69) is 172 Å². The van der Waals surface area contributed by atoms with Gasteiger partial charge in [0.2, 0.25) is 0 Å². The highest BCUT2D eigenvalue weighted by Gasteiger charge is 2.35. The molecule has 36 nitrogen and oxygen atoms in total. The molecule has 6 aliphatic heterocycles. The molecule has 0 spiro atoms. The van der Waals surface area contributed by atoms with Crippen molar-refractivity contribution in [3.63, 3.8) is 0 Å². The normalized spacial score (nSPS) is 21.6.